The molecule has 0 saturated carbocycles. The van der Waals surface area contributed by atoms with Gasteiger partial charge in [-0.15, -0.1) is 0 Å². The van der Waals surface area contributed by atoms with Crippen LogP contribution in [0.5, 0.6) is 0 Å². The number of carbonyl (C=O) groups excluding carboxylic acids is 1. The van der Waals surface area contributed by atoms with Crippen molar-refractivity contribution in [3.05, 3.63) is 34.3 Å². The summed E-state index contributed by atoms with van der Waals surface area (Å²) in [7, 11) is 0. The Balaban J connectivity index is 2.88. The highest BCUT2D eigenvalue weighted by molar-refractivity contribution is 6.30. The van der Waals surface area contributed by atoms with Crippen LogP contribution < -0.4 is 0 Å². The van der Waals surface area contributed by atoms with Gasteiger partial charge in [0.05, 0.1) is 12.2 Å². The van der Waals surface area contributed by atoms with Crippen molar-refractivity contribution in [2.45, 2.75) is 33.1 Å². The van der Waals surface area contributed by atoms with E-state index in [1.807, 2.05) is 13.0 Å². The third-order valence-corrected chi connectivity index (χ3v) is 2.48. The van der Waals surface area contributed by atoms with Crippen LogP contribution in [0.4, 0.5) is 0 Å². The Hall–Kier alpha value is -1.02. The van der Waals surface area contributed by atoms with Gasteiger partial charge < -0.3 is 4.74 Å². The van der Waals surface area contributed by atoms with Crippen molar-refractivity contribution in [3.8, 4) is 0 Å². The average molecular weight is 241 g/mol. The summed E-state index contributed by atoms with van der Waals surface area (Å²) in [5.41, 5.74) is 1.61. The van der Waals surface area contributed by atoms with Crippen LogP contribution in [-0.2, 0) is 11.2 Å². The van der Waals surface area contributed by atoms with Crippen LogP contribution >= 0.6 is 11.6 Å². The van der Waals surface area contributed by atoms with Crippen LogP contribution in [0.25, 0.3) is 0 Å². The third kappa shape index (κ3) is 3.53. The van der Waals surface area contributed by atoms with E-state index in [1.54, 1.807) is 12.1 Å². The van der Waals surface area contributed by atoms with E-state index in [0.717, 1.165) is 24.8 Å². The van der Waals surface area contributed by atoms with Gasteiger partial charge in [-0.2, -0.15) is 0 Å². The Bertz CT molecular complexity index is 361. The summed E-state index contributed by atoms with van der Waals surface area (Å²) in [5.74, 6) is -0.248. The van der Waals surface area contributed by atoms with Crippen LogP contribution in [0.3, 0.4) is 0 Å². The van der Waals surface area contributed by atoms with Crippen molar-refractivity contribution in [1.29, 1.82) is 0 Å². The molecule has 0 fully saturated rings. The Morgan fingerprint density at radius 1 is 1.31 bits per heavy atom. The quantitative estimate of drug-likeness (QED) is 0.731. The molecule has 88 valence electrons. The average Bonchev–Trinajstić information content (AvgIpc) is 2.26. The SMILES string of the molecule is CCCOC(=O)c1ccc(Cl)cc1CCC. The monoisotopic (exact) mass is 240 g/mol. The first kappa shape index (κ1) is 13.0. The van der Waals surface area contributed by atoms with Gasteiger partial charge in [-0.1, -0.05) is 31.9 Å². The highest BCUT2D eigenvalue weighted by Gasteiger charge is 2.12. The number of carbonyl (C=O) groups is 1. The Morgan fingerprint density at radius 3 is 2.69 bits per heavy atom. The van der Waals surface area contributed by atoms with E-state index >= 15 is 0 Å². The molecule has 0 aliphatic carbocycles. The minimum absolute atomic E-state index is 0.248. The smallest absolute Gasteiger partial charge is 0.338 e. The van der Waals surface area contributed by atoms with Gasteiger partial charge >= 0.3 is 5.97 Å². The van der Waals surface area contributed by atoms with Crippen LogP contribution in [0.15, 0.2) is 18.2 Å². The molecule has 0 saturated heterocycles. The minimum Gasteiger partial charge on any atom is -0.462 e. The van der Waals surface area contributed by atoms with Crippen molar-refractivity contribution in [2.75, 3.05) is 6.61 Å². The molecule has 0 spiro atoms. The molecule has 1 aromatic rings. The fourth-order valence-corrected chi connectivity index (χ4v) is 1.70. The molecule has 2 nitrogen and oxygen atoms in total. The molecule has 0 amide bonds. The van der Waals surface area contributed by atoms with Gasteiger partial charge in [0.25, 0.3) is 0 Å². The molecule has 3 heteroatoms. The molecule has 0 radical (unpaired) electrons. The second-order valence-electron chi connectivity index (χ2n) is 3.69. The zero-order chi connectivity index (χ0) is 12.0. The van der Waals surface area contributed by atoms with Crippen molar-refractivity contribution in [3.63, 3.8) is 0 Å². The van der Waals surface area contributed by atoms with Crippen molar-refractivity contribution < 1.29 is 9.53 Å². The normalized spacial score (nSPS) is 10.2. The topological polar surface area (TPSA) is 26.3 Å². The fraction of sp³-hybridized carbons (Fsp3) is 0.462. The predicted octanol–water partition coefficient (Wildman–Crippen LogP) is 3.86. The highest BCUT2D eigenvalue weighted by Crippen LogP contribution is 2.18. The van der Waals surface area contributed by atoms with Gasteiger partial charge in [-0.05, 0) is 36.6 Å². The first-order valence-corrected chi connectivity index (χ1v) is 6.02. The fourth-order valence-electron chi connectivity index (χ4n) is 1.51. The molecule has 0 aliphatic rings. The number of rotatable bonds is 5. The zero-order valence-corrected chi connectivity index (χ0v) is 10.5. The van der Waals surface area contributed by atoms with Crippen molar-refractivity contribution in [1.82, 2.24) is 0 Å². The molecule has 1 rings (SSSR count). The van der Waals surface area contributed by atoms with Crippen LogP contribution in [0.2, 0.25) is 5.02 Å². The molecule has 16 heavy (non-hydrogen) atoms. The summed E-state index contributed by atoms with van der Waals surface area (Å²) in [4.78, 5) is 11.7. The summed E-state index contributed by atoms with van der Waals surface area (Å²) in [5, 5.41) is 0.662. The molecular weight excluding hydrogens is 224 g/mol. The van der Waals surface area contributed by atoms with Gasteiger partial charge in [0, 0.05) is 5.02 Å². The van der Waals surface area contributed by atoms with E-state index in [4.69, 9.17) is 16.3 Å². The van der Waals surface area contributed by atoms with E-state index in [2.05, 4.69) is 6.92 Å². The van der Waals surface area contributed by atoms with Gasteiger partial charge in [0.2, 0.25) is 0 Å². The molecule has 1 aromatic carbocycles. The first-order chi connectivity index (χ1) is 7.69. The summed E-state index contributed by atoms with van der Waals surface area (Å²) in [6.07, 6.45) is 2.66. The predicted molar refractivity (Wildman–Crippen MR) is 66.0 cm³/mol. The largest absolute Gasteiger partial charge is 0.462 e. The molecule has 0 aliphatic heterocycles. The summed E-state index contributed by atoms with van der Waals surface area (Å²) in [6, 6.07) is 5.31. The van der Waals surface area contributed by atoms with Crippen LogP contribution in [-0.4, -0.2) is 12.6 Å². The summed E-state index contributed by atoms with van der Waals surface area (Å²) < 4.78 is 5.12. The lowest BCUT2D eigenvalue weighted by Crippen LogP contribution is -2.09. The summed E-state index contributed by atoms with van der Waals surface area (Å²) in [6.45, 7) is 4.51. The molecule has 0 N–H and O–H groups in total. The van der Waals surface area contributed by atoms with E-state index in [9.17, 15) is 4.79 Å². The molecule has 0 atom stereocenters. The molecular formula is C13H17ClO2. The van der Waals surface area contributed by atoms with E-state index in [1.165, 1.54) is 0 Å². The van der Waals surface area contributed by atoms with Gasteiger partial charge in [0.15, 0.2) is 0 Å². The van der Waals surface area contributed by atoms with Crippen LogP contribution in [0.1, 0.15) is 42.6 Å². The van der Waals surface area contributed by atoms with Crippen LogP contribution in [0, 0.1) is 0 Å². The maximum absolute atomic E-state index is 11.7. The molecule has 0 aromatic heterocycles. The van der Waals surface area contributed by atoms with Gasteiger partial charge in [0.1, 0.15) is 0 Å². The number of halogens is 1. The Kier molecular flexibility index (Phi) is 5.33. The molecule has 0 heterocycles. The van der Waals surface area contributed by atoms with Gasteiger partial charge in [-0.25, -0.2) is 4.79 Å². The van der Waals surface area contributed by atoms with Gasteiger partial charge in [-0.3, -0.25) is 0 Å². The Labute approximate surface area is 102 Å². The third-order valence-electron chi connectivity index (χ3n) is 2.24. The van der Waals surface area contributed by atoms with Crippen molar-refractivity contribution >= 4 is 17.6 Å². The lowest BCUT2D eigenvalue weighted by molar-refractivity contribution is 0.0504. The maximum atomic E-state index is 11.7. The number of aryl methyl sites for hydroxylation is 1. The van der Waals surface area contributed by atoms with Crippen molar-refractivity contribution in [2.24, 2.45) is 0 Å². The highest BCUT2D eigenvalue weighted by atomic mass is 35.5. The van der Waals surface area contributed by atoms with E-state index in [-0.39, 0.29) is 5.97 Å². The lowest BCUT2D eigenvalue weighted by Gasteiger charge is -2.08. The molecule has 0 bridgehead atoms. The number of ether oxygens (including phenoxy) is 1. The van der Waals surface area contributed by atoms with E-state index in [0.29, 0.717) is 17.2 Å². The summed E-state index contributed by atoms with van der Waals surface area (Å²) >= 11 is 5.91. The first-order valence-electron chi connectivity index (χ1n) is 5.64. The number of hydrogen-bond donors (Lipinski definition) is 0. The standard InChI is InChI=1S/C13H17ClO2/c1-3-5-10-9-11(14)6-7-12(10)13(15)16-8-4-2/h6-7,9H,3-5,8H2,1-2H3. The molecule has 0 unspecified atom stereocenters. The zero-order valence-electron chi connectivity index (χ0n) is 9.75. The number of hydrogen-bond acceptors (Lipinski definition) is 2. The maximum Gasteiger partial charge on any atom is 0.338 e. The lowest BCUT2D eigenvalue weighted by atomic mass is 10.0. The second-order valence-corrected chi connectivity index (χ2v) is 4.12. The second kappa shape index (κ2) is 6.54. The number of esters is 1. The Morgan fingerprint density at radius 2 is 2.06 bits per heavy atom. The number of benzene rings is 1. The van der Waals surface area contributed by atoms with E-state index < -0.39 is 0 Å². The minimum atomic E-state index is -0.248.